The van der Waals surface area contributed by atoms with Gasteiger partial charge in [0.05, 0.1) is 6.04 Å². The Balaban J connectivity index is 1.53. The second kappa shape index (κ2) is 6.22. The lowest BCUT2D eigenvalue weighted by molar-refractivity contribution is 0.369. The number of hydrogen-bond acceptors (Lipinski definition) is 5. The molecule has 1 aliphatic heterocycles. The Bertz CT molecular complexity index is 559. The number of aryl methyl sites for hydroxylation is 1. The average Bonchev–Trinajstić information content (AvgIpc) is 2.95. The molecule has 0 amide bonds. The van der Waals surface area contributed by atoms with E-state index < -0.39 is 0 Å². The number of piperidine rings is 1. The number of aromatic nitrogens is 4. The van der Waals surface area contributed by atoms with Gasteiger partial charge in [0.15, 0.2) is 0 Å². The topological polar surface area (TPSA) is 58.9 Å². The van der Waals surface area contributed by atoms with Crippen LogP contribution >= 0.6 is 0 Å². The van der Waals surface area contributed by atoms with E-state index in [1.165, 1.54) is 0 Å². The molecule has 1 saturated heterocycles. The molecule has 2 aromatic rings. The fraction of sp³-hybridized carbons (Fsp3) is 0.533. The standard InChI is InChI=1S/C15H22N6/c1-12(14-16-8-11-20(14)2)19-13-4-9-21(10-5-13)15-17-6-3-7-18-15/h3,6-8,11-13,19H,4-5,9-10H2,1-2H3. The van der Waals surface area contributed by atoms with Gasteiger partial charge in [0.2, 0.25) is 5.95 Å². The molecule has 1 aliphatic rings. The Kier molecular flexibility index (Phi) is 4.15. The highest BCUT2D eigenvalue weighted by atomic mass is 15.3. The Morgan fingerprint density at radius 2 is 1.86 bits per heavy atom. The van der Waals surface area contributed by atoms with E-state index in [0.29, 0.717) is 6.04 Å². The zero-order chi connectivity index (χ0) is 14.7. The van der Waals surface area contributed by atoms with Crippen LogP contribution in [0.15, 0.2) is 30.9 Å². The van der Waals surface area contributed by atoms with Crippen LogP contribution < -0.4 is 10.2 Å². The molecule has 6 nitrogen and oxygen atoms in total. The number of nitrogens with zero attached hydrogens (tertiary/aromatic N) is 5. The first-order chi connectivity index (χ1) is 10.2. The van der Waals surface area contributed by atoms with Gasteiger partial charge >= 0.3 is 0 Å². The molecule has 0 bridgehead atoms. The van der Waals surface area contributed by atoms with Crippen LogP contribution in [0.2, 0.25) is 0 Å². The van der Waals surface area contributed by atoms with Gasteiger partial charge in [-0.3, -0.25) is 0 Å². The predicted octanol–water partition coefficient (Wildman–Crippen LogP) is 1.53. The van der Waals surface area contributed by atoms with Crippen molar-refractivity contribution in [1.82, 2.24) is 24.8 Å². The van der Waals surface area contributed by atoms with Crippen molar-refractivity contribution in [3.05, 3.63) is 36.7 Å². The van der Waals surface area contributed by atoms with Crippen LogP contribution in [0.4, 0.5) is 5.95 Å². The van der Waals surface area contributed by atoms with Crippen molar-refractivity contribution in [3.8, 4) is 0 Å². The minimum absolute atomic E-state index is 0.273. The van der Waals surface area contributed by atoms with E-state index in [-0.39, 0.29) is 6.04 Å². The van der Waals surface area contributed by atoms with Gasteiger partial charge in [-0.25, -0.2) is 15.0 Å². The molecule has 112 valence electrons. The van der Waals surface area contributed by atoms with Gasteiger partial charge in [0.25, 0.3) is 0 Å². The largest absolute Gasteiger partial charge is 0.341 e. The van der Waals surface area contributed by atoms with Gasteiger partial charge in [-0.05, 0) is 25.8 Å². The summed E-state index contributed by atoms with van der Waals surface area (Å²) >= 11 is 0. The van der Waals surface area contributed by atoms with E-state index in [2.05, 4.69) is 36.7 Å². The number of nitrogens with one attached hydrogen (secondary N) is 1. The summed E-state index contributed by atoms with van der Waals surface area (Å²) in [5.41, 5.74) is 0. The van der Waals surface area contributed by atoms with Crippen molar-refractivity contribution in [1.29, 1.82) is 0 Å². The molecule has 21 heavy (non-hydrogen) atoms. The molecule has 3 heterocycles. The maximum absolute atomic E-state index is 4.41. The lowest BCUT2D eigenvalue weighted by Crippen LogP contribution is -2.44. The number of rotatable bonds is 4. The summed E-state index contributed by atoms with van der Waals surface area (Å²) in [7, 11) is 2.04. The van der Waals surface area contributed by atoms with Crippen LogP contribution in [-0.2, 0) is 7.05 Å². The molecule has 3 rings (SSSR count). The highest BCUT2D eigenvalue weighted by Crippen LogP contribution is 2.18. The normalized spacial score (nSPS) is 17.9. The van der Waals surface area contributed by atoms with Crippen molar-refractivity contribution < 1.29 is 0 Å². The average molecular weight is 286 g/mol. The molecule has 2 aromatic heterocycles. The summed E-state index contributed by atoms with van der Waals surface area (Å²) in [5, 5.41) is 3.68. The van der Waals surface area contributed by atoms with Crippen molar-refractivity contribution in [3.63, 3.8) is 0 Å². The van der Waals surface area contributed by atoms with Gasteiger partial charge in [0, 0.05) is 51.0 Å². The SMILES string of the molecule is CC(NC1CCN(c2ncccn2)CC1)c1nccn1C. The first kappa shape index (κ1) is 14.0. The highest BCUT2D eigenvalue weighted by molar-refractivity contribution is 5.29. The summed E-state index contributed by atoms with van der Waals surface area (Å²) in [6, 6.07) is 2.65. The van der Waals surface area contributed by atoms with Gasteiger partial charge < -0.3 is 14.8 Å². The summed E-state index contributed by atoms with van der Waals surface area (Å²) in [4.78, 5) is 15.3. The van der Waals surface area contributed by atoms with E-state index >= 15 is 0 Å². The van der Waals surface area contributed by atoms with Gasteiger partial charge in [0.1, 0.15) is 5.82 Å². The molecular formula is C15H22N6. The maximum Gasteiger partial charge on any atom is 0.225 e. The maximum atomic E-state index is 4.41. The van der Waals surface area contributed by atoms with Crippen LogP contribution in [0.1, 0.15) is 31.6 Å². The van der Waals surface area contributed by atoms with Crippen molar-refractivity contribution >= 4 is 5.95 Å². The summed E-state index contributed by atoms with van der Waals surface area (Å²) in [6.45, 7) is 4.17. The number of anilines is 1. The Morgan fingerprint density at radius 1 is 1.14 bits per heavy atom. The fourth-order valence-electron chi connectivity index (χ4n) is 2.92. The van der Waals surface area contributed by atoms with Crippen molar-refractivity contribution in [2.24, 2.45) is 7.05 Å². The second-order valence-corrected chi connectivity index (χ2v) is 5.59. The Labute approximate surface area is 125 Å². The first-order valence-corrected chi connectivity index (χ1v) is 7.49. The zero-order valence-corrected chi connectivity index (χ0v) is 12.6. The molecule has 0 saturated carbocycles. The summed E-state index contributed by atoms with van der Waals surface area (Å²) in [6.07, 6.45) is 9.65. The smallest absolute Gasteiger partial charge is 0.225 e. The van der Waals surface area contributed by atoms with E-state index in [4.69, 9.17) is 0 Å². The molecule has 1 N–H and O–H groups in total. The molecule has 6 heteroatoms. The second-order valence-electron chi connectivity index (χ2n) is 5.59. The quantitative estimate of drug-likeness (QED) is 0.923. The molecule has 0 aromatic carbocycles. The Morgan fingerprint density at radius 3 is 2.48 bits per heavy atom. The van der Waals surface area contributed by atoms with Crippen LogP contribution in [0.3, 0.4) is 0 Å². The van der Waals surface area contributed by atoms with Crippen LogP contribution in [-0.4, -0.2) is 38.7 Å². The van der Waals surface area contributed by atoms with Crippen LogP contribution in [0, 0.1) is 0 Å². The number of imidazole rings is 1. The zero-order valence-electron chi connectivity index (χ0n) is 12.6. The molecule has 0 radical (unpaired) electrons. The van der Waals surface area contributed by atoms with Gasteiger partial charge in [-0.2, -0.15) is 0 Å². The van der Waals surface area contributed by atoms with Crippen LogP contribution in [0.25, 0.3) is 0 Å². The number of hydrogen-bond donors (Lipinski definition) is 1. The summed E-state index contributed by atoms with van der Waals surface area (Å²) < 4.78 is 2.07. The third-order valence-electron chi connectivity index (χ3n) is 4.06. The third-order valence-corrected chi connectivity index (χ3v) is 4.06. The molecular weight excluding hydrogens is 264 g/mol. The molecule has 1 atom stereocenters. The monoisotopic (exact) mass is 286 g/mol. The van der Waals surface area contributed by atoms with Gasteiger partial charge in [-0.15, -0.1) is 0 Å². The van der Waals surface area contributed by atoms with Crippen molar-refractivity contribution in [2.75, 3.05) is 18.0 Å². The molecule has 0 spiro atoms. The van der Waals surface area contributed by atoms with E-state index in [9.17, 15) is 0 Å². The lowest BCUT2D eigenvalue weighted by Gasteiger charge is -2.33. The highest BCUT2D eigenvalue weighted by Gasteiger charge is 2.23. The van der Waals surface area contributed by atoms with E-state index in [1.807, 2.05) is 25.5 Å². The minimum Gasteiger partial charge on any atom is -0.341 e. The first-order valence-electron chi connectivity index (χ1n) is 7.49. The van der Waals surface area contributed by atoms with Crippen molar-refractivity contribution in [2.45, 2.75) is 31.8 Å². The molecule has 0 aliphatic carbocycles. The molecule has 1 fully saturated rings. The van der Waals surface area contributed by atoms with E-state index in [0.717, 1.165) is 37.7 Å². The van der Waals surface area contributed by atoms with Crippen LogP contribution in [0.5, 0.6) is 0 Å². The minimum atomic E-state index is 0.273. The fourth-order valence-corrected chi connectivity index (χ4v) is 2.92. The summed E-state index contributed by atoms with van der Waals surface area (Å²) in [5.74, 6) is 1.93. The van der Waals surface area contributed by atoms with E-state index in [1.54, 1.807) is 12.4 Å². The lowest BCUT2D eigenvalue weighted by atomic mass is 10.0. The Hall–Kier alpha value is -1.95. The predicted molar refractivity (Wildman–Crippen MR) is 82.0 cm³/mol. The third kappa shape index (κ3) is 3.21. The van der Waals surface area contributed by atoms with Gasteiger partial charge in [-0.1, -0.05) is 0 Å². The molecule has 1 unspecified atom stereocenters.